The van der Waals surface area contributed by atoms with Crippen LogP contribution >= 0.6 is 0 Å². The average molecular weight is 265 g/mol. The highest BCUT2D eigenvalue weighted by atomic mass is 16.1. The second-order valence-electron chi connectivity index (χ2n) is 5.43. The summed E-state index contributed by atoms with van der Waals surface area (Å²) >= 11 is 0. The third-order valence-electron chi connectivity index (χ3n) is 3.62. The summed E-state index contributed by atoms with van der Waals surface area (Å²) in [6, 6.07) is 0.263. The third kappa shape index (κ3) is 3.26. The fourth-order valence-electron chi connectivity index (χ4n) is 2.53. The summed E-state index contributed by atoms with van der Waals surface area (Å²) in [5.74, 6) is 1.18. The quantitative estimate of drug-likeness (QED) is 0.741. The van der Waals surface area contributed by atoms with Crippen LogP contribution in [0.5, 0.6) is 0 Å². The van der Waals surface area contributed by atoms with Crippen LogP contribution in [-0.4, -0.2) is 35.6 Å². The number of rotatable bonds is 4. The highest BCUT2D eigenvalue weighted by Crippen LogP contribution is 2.21. The van der Waals surface area contributed by atoms with Gasteiger partial charge in [0, 0.05) is 12.6 Å². The molecule has 1 saturated heterocycles. The first-order chi connectivity index (χ1) is 9.09. The topological polar surface area (TPSA) is 87.0 Å². The van der Waals surface area contributed by atoms with Gasteiger partial charge in [0.2, 0.25) is 0 Å². The number of H-pyrrole nitrogens is 1. The maximum Gasteiger partial charge on any atom is 0.276 e. The fourth-order valence-corrected chi connectivity index (χ4v) is 2.53. The Morgan fingerprint density at radius 3 is 3.00 bits per heavy atom. The van der Waals surface area contributed by atoms with E-state index in [9.17, 15) is 4.79 Å². The van der Waals surface area contributed by atoms with Crippen molar-refractivity contribution in [3.8, 4) is 0 Å². The van der Waals surface area contributed by atoms with Crippen molar-refractivity contribution in [2.45, 2.75) is 32.7 Å². The van der Waals surface area contributed by atoms with Crippen molar-refractivity contribution >= 4 is 11.5 Å². The number of hydrogen-bond acceptors (Lipinski definition) is 5. The second kappa shape index (κ2) is 6.06. The van der Waals surface area contributed by atoms with E-state index in [-0.39, 0.29) is 17.3 Å². The Morgan fingerprint density at radius 2 is 2.37 bits per heavy atom. The number of anilines is 2. The number of aromatic amines is 1. The molecule has 1 atom stereocenters. The Hall–Kier alpha value is -1.56. The molecule has 1 aromatic heterocycles. The van der Waals surface area contributed by atoms with Crippen LogP contribution in [-0.2, 0) is 0 Å². The van der Waals surface area contributed by atoms with Gasteiger partial charge in [-0.15, -0.1) is 0 Å². The van der Waals surface area contributed by atoms with Crippen LogP contribution in [0.15, 0.2) is 11.1 Å². The van der Waals surface area contributed by atoms with Crippen molar-refractivity contribution in [3.05, 3.63) is 16.7 Å². The zero-order chi connectivity index (χ0) is 13.8. The van der Waals surface area contributed by atoms with E-state index in [1.165, 1.54) is 19.2 Å². The average Bonchev–Trinajstić information content (AvgIpc) is 2.40. The molecule has 1 aromatic rings. The molecule has 0 aliphatic carbocycles. The second-order valence-corrected chi connectivity index (χ2v) is 5.43. The molecule has 0 spiro atoms. The monoisotopic (exact) mass is 265 g/mol. The van der Waals surface area contributed by atoms with Crippen LogP contribution in [0.2, 0.25) is 0 Å². The minimum atomic E-state index is -0.266. The molecule has 0 radical (unpaired) electrons. The number of nitrogens with zero attached hydrogens (tertiary/aromatic N) is 2. The predicted octanol–water partition coefficient (Wildman–Crippen LogP) is 0.567. The minimum absolute atomic E-state index is 0.208. The number of aromatic nitrogens is 2. The third-order valence-corrected chi connectivity index (χ3v) is 3.62. The van der Waals surface area contributed by atoms with E-state index >= 15 is 0 Å². The van der Waals surface area contributed by atoms with Crippen molar-refractivity contribution in [3.63, 3.8) is 0 Å². The van der Waals surface area contributed by atoms with Crippen LogP contribution in [0.4, 0.5) is 11.5 Å². The molecule has 19 heavy (non-hydrogen) atoms. The first kappa shape index (κ1) is 13.9. The SMILES string of the molecule is CC(C)N(CC1CCCNC1)c1nc[nH]c(=O)c1N. The number of nitrogen functional groups attached to an aromatic ring is 1. The highest BCUT2D eigenvalue weighted by molar-refractivity contribution is 5.61. The Balaban J connectivity index is 2.19. The Morgan fingerprint density at radius 1 is 1.58 bits per heavy atom. The first-order valence-electron chi connectivity index (χ1n) is 6.90. The van der Waals surface area contributed by atoms with E-state index in [2.05, 4.69) is 34.0 Å². The van der Waals surface area contributed by atoms with Crippen molar-refractivity contribution in [2.75, 3.05) is 30.3 Å². The molecule has 0 bridgehead atoms. The normalized spacial score (nSPS) is 19.6. The lowest BCUT2D eigenvalue weighted by atomic mass is 9.98. The van der Waals surface area contributed by atoms with E-state index in [4.69, 9.17) is 5.73 Å². The van der Waals surface area contributed by atoms with Gasteiger partial charge in [0.15, 0.2) is 5.82 Å². The molecular weight excluding hydrogens is 242 g/mol. The van der Waals surface area contributed by atoms with Crippen LogP contribution in [0.1, 0.15) is 26.7 Å². The van der Waals surface area contributed by atoms with Gasteiger partial charge in [-0.05, 0) is 45.7 Å². The lowest BCUT2D eigenvalue weighted by molar-refractivity contribution is 0.370. The zero-order valence-electron chi connectivity index (χ0n) is 11.6. The molecular formula is C13H23N5O. The molecule has 2 heterocycles. The first-order valence-corrected chi connectivity index (χ1v) is 6.90. The standard InChI is InChI=1S/C13H23N5O/c1-9(2)18(7-10-4-3-5-15-6-10)12-11(14)13(19)17-8-16-12/h8-10,15H,3-7,14H2,1-2H3,(H,16,17,19). The van der Waals surface area contributed by atoms with Crippen molar-refractivity contribution in [1.29, 1.82) is 0 Å². The van der Waals surface area contributed by atoms with Gasteiger partial charge in [-0.25, -0.2) is 4.98 Å². The Labute approximate surface area is 113 Å². The van der Waals surface area contributed by atoms with Crippen LogP contribution in [0.3, 0.4) is 0 Å². The summed E-state index contributed by atoms with van der Waals surface area (Å²) in [5.41, 5.74) is 5.80. The molecule has 4 N–H and O–H groups in total. The smallest absolute Gasteiger partial charge is 0.276 e. The van der Waals surface area contributed by atoms with Gasteiger partial charge >= 0.3 is 0 Å². The number of nitrogens with two attached hydrogens (primary N) is 1. The van der Waals surface area contributed by atoms with Gasteiger partial charge < -0.3 is 20.9 Å². The largest absolute Gasteiger partial charge is 0.391 e. The molecule has 106 valence electrons. The summed E-state index contributed by atoms with van der Waals surface area (Å²) < 4.78 is 0. The molecule has 1 aliphatic rings. The van der Waals surface area contributed by atoms with E-state index < -0.39 is 0 Å². The molecule has 1 aliphatic heterocycles. The van der Waals surface area contributed by atoms with Crippen LogP contribution in [0, 0.1) is 5.92 Å². The maximum absolute atomic E-state index is 11.6. The van der Waals surface area contributed by atoms with Gasteiger partial charge in [0.1, 0.15) is 5.69 Å². The molecule has 6 heteroatoms. The van der Waals surface area contributed by atoms with E-state index in [0.717, 1.165) is 19.6 Å². The molecule has 0 aromatic carbocycles. The molecule has 0 amide bonds. The zero-order valence-corrected chi connectivity index (χ0v) is 11.6. The number of nitrogens with one attached hydrogen (secondary N) is 2. The summed E-state index contributed by atoms with van der Waals surface area (Å²) in [6.07, 6.45) is 3.83. The summed E-state index contributed by atoms with van der Waals surface area (Å²) in [5, 5.41) is 3.41. The van der Waals surface area contributed by atoms with Crippen molar-refractivity contribution in [1.82, 2.24) is 15.3 Å². The van der Waals surface area contributed by atoms with Crippen LogP contribution < -0.4 is 21.5 Å². The number of piperidine rings is 1. The summed E-state index contributed by atoms with van der Waals surface area (Å²) in [4.78, 5) is 20.5. The molecule has 0 saturated carbocycles. The molecule has 1 fully saturated rings. The van der Waals surface area contributed by atoms with E-state index in [1.807, 2.05) is 0 Å². The van der Waals surface area contributed by atoms with E-state index in [1.54, 1.807) is 0 Å². The van der Waals surface area contributed by atoms with Crippen LogP contribution in [0.25, 0.3) is 0 Å². The fraction of sp³-hybridized carbons (Fsp3) is 0.692. The predicted molar refractivity (Wildman–Crippen MR) is 77.3 cm³/mol. The maximum atomic E-state index is 11.6. The van der Waals surface area contributed by atoms with Crippen molar-refractivity contribution < 1.29 is 0 Å². The van der Waals surface area contributed by atoms with Gasteiger partial charge in [0.25, 0.3) is 5.56 Å². The summed E-state index contributed by atoms with van der Waals surface area (Å²) in [6.45, 7) is 7.19. The summed E-state index contributed by atoms with van der Waals surface area (Å²) in [7, 11) is 0. The molecule has 6 nitrogen and oxygen atoms in total. The Kier molecular flexibility index (Phi) is 4.42. The lowest BCUT2D eigenvalue weighted by Gasteiger charge is -2.34. The molecule has 2 rings (SSSR count). The van der Waals surface area contributed by atoms with E-state index in [0.29, 0.717) is 11.7 Å². The van der Waals surface area contributed by atoms with Crippen molar-refractivity contribution in [2.24, 2.45) is 5.92 Å². The minimum Gasteiger partial charge on any atom is -0.391 e. The Bertz CT molecular complexity index is 464. The van der Waals surface area contributed by atoms with Gasteiger partial charge in [0.05, 0.1) is 6.33 Å². The lowest BCUT2D eigenvalue weighted by Crippen LogP contribution is -2.42. The van der Waals surface area contributed by atoms with Gasteiger partial charge in [-0.1, -0.05) is 0 Å². The number of hydrogen-bond donors (Lipinski definition) is 3. The van der Waals surface area contributed by atoms with Gasteiger partial charge in [-0.3, -0.25) is 4.79 Å². The highest BCUT2D eigenvalue weighted by Gasteiger charge is 2.22. The van der Waals surface area contributed by atoms with Gasteiger partial charge in [-0.2, -0.15) is 0 Å². The molecule has 1 unspecified atom stereocenters.